The van der Waals surface area contributed by atoms with Gasteiger partial charge in [-0.2, -0.15) is 0 Å². The quantitative estimate of drug-likeness (QED) is 0.175. The third kappa shape index (κ3) is 4.68. The average Bonchev–Trinajstić information content (AvgIpc) is 3.77. The molecule has 0 saturated carbocycles. The van der Waals surface area contributed by atoms with Crippen molar-refractivity contribution in [2.24, 2.45) is 0 Å². The zero-order chi connectivity index (χ0) is 32.3. The number of oxazole rings is 1. The maximum atomic E-state index is 6.69. The highest BCUT2D eigenvalue weighted by Crippen LogP contribution is 2.43. The van der Waals surface area contributed by atoms with Crippen molar-refractivity contribution < 1.29 is 4.42 Å². The number of anilines is 3. The Kier molecular flexibility index (Phi) is 6.36. The number of nitrogens with zero attached hydrogens (tertiary/aromatic N) is 2. The molecule has 49 heavy (non-hydrogen) atoms. The van der Waals surface area contributed by atoms with E-state index in [2.05, 4.69) is 169 Å². The van der Waals surface area contributed by atoms with E-state index in [1.54, 1.807) is 0 Å². The Labute approximate surface area is 286 Å². The Balaban J connectivity index is 1.15. The Morgan fingerprint density at radius 2 is 1.12 bits per heavy atom. The second-order valence-electron chi connectivity index (χ2n) is 12.4. The minimum atomic E-state index is 0.621. The molecule has 0 amide bonds. The second kappa shape index (κ2) is 11.2. The topological polar surface area (TPSA) is 29.3 Å². The number of thiophene rings is 1. The van der Waals surface area contributed by atoms with Gasteiger partial charge in [0, 0.05) is 48.2 Å². The standard InChI is InChI=1S/C45H28N2OS/c1-3-10-29(11-4-1)32-12-9-13-33(26-32)45-46-40-25-21-31-19-18-30-20-22-35(27-39(30)43(31)44(40)48-45)47(34-14-5-2-6-15-34)36-23-24-38-37-16-7-8-17-41(37)49-42(38)28-36/h1-28H. The van der Waals surface area contributed by atoms with E-state index < -0.39 is 0 Å². The van der Waals surface area contributed by atoms with Gasteiger partial charge in [-0.1, -0.05) is 109 Å². The third-order valence-electron chi connectivity index (χ3n) is 9.45. The average molecular weight is 645 g/mol. The van der Waals surface area contributed by atoms with Crippen molar-refractivity contribution in [3.8, 4) is 22.6 Å². The molecule has 0 atom stereocenters. The van der Waals surface area contributed by atoms with Gasteiger partial charge in [0.2, 0.25) is 5.89 Å². The molecule has 0 unspecified atom stereocenters. The van der Waals surface area contributed by atoms with Crippen LogP contribution in [0, 0.1) is 0 Å². The van der Waals surface area contributed by atoms with E-state index in [1.165, 1.54) is 25.7 Å². The van der Waals surface area contributed by atoms with Crippen LogP contribution in [0.2, 0.25) is 0 Å². The molecule has 0 fully saturated rings. The van der Waals surface area contributed by atoms with Crippen LogP contribution in [0.1, 0.15) is 0 Å². The van der Waals surface area contributed by atoms with E-state index in [0.29, 0.717) is 5.89 Å². The molecule has 230 valence electrons. The van der Waals surface area contributed by atoms with E-state index in [1.807, 2.05) is 17.4 Å². The Bertz CT molecular complexity index is 2840. The van der Waals surface area contributed by atoms with Crippen LogP contribution in [0.5, 0.6) is 0 Å². The van der Waals surface area contributed by atoms with Gasteiger partial charge in [0.05, 0.1) is 0 Å². The van der Waals surface area contributed by atoms with Gasteiger partial charge in [-0.25, -0.2) is 4.98 Å². The van der Waals surface area contributed by atoms with E-state index in [4.69, 9.17) is 9.40 Å². The van der Waals surface area contributed by atoms with Gasteiger partial charge >= 0.3 is 0 Å². The molecule has 0 saturated heterocycles. The summed E-state index contributed by atoms with van der Waals surface area (Å²) in [6.45, 7) is 0. The lowest BCUT2D eigenvalue weighted by atomic mass is 10.00. The Hall–Kier alpha value is -6.23. The monoisotopic (exact) mass is 644 g/mol. The largest absolute Gasteiger partial charge is 0.435 e. The first-order valence-electron chi connectivity index (χ1n) is 16.5. The van der Waals surface area contributed by atoms with E-state index >= 15 is 0 Å². The minimum absolute atomic E-state index is 0.621. The fourth-order valence-electron chi connectivity index (χ4n) is 7.11. The molecule has 0 aliphatic heterocycles. The normalized spacial score (nSPS) is 11.7. The van der Waals surface area contributed by atoms with Crippen LogP contribution in [-0.2, 0) is 0 Å². The number of hydrogen-bond acceptors (Lipinski definition) is 4. The highest BCUT2D eigenvalue weighted by molar-refractivity contribution is 7.25. The van der Waals surface area contributed by atoms with Crippen LogP contribution in [-0.4, -0.2) is 4.98 Å². The fourth-order valence-corrected chi connectivity index (χ4v) is 8.25. The number of benzene rings is 8. The zero-order valence-electron chi connectivity index (χ0n) is 26.4. The molecule has 4 heteroatoms. The summed E-state index contributed by atoms with van der Waals surface area (Å²) in [5.74, 6) is 0.621. The summed E-state index contributed by atoms with van der Waals surface area (Å²) in [5.41, 5.74) is 8.22. The fraction of sp³-hybridized carbons (Fsp3) is 0. The molecule has 2 heterocycles. The molecular formula is C45H28N2OS. The van der Waals surface area contributed by atoms with Crippen molar-refractivity contribution in [1.29, 1.82) is 0 Å². The summed E-state index contributed by atoms with van der Waals surface area (Å²) < 4.78 is 9.27. The van der Waals surface area contributed by atoms with Gasteiger partial charge in [0.1, 0.15) is 5.52 Å². The van der Waals surface area contributed by atoms with Crippen LogP contribution < -0.4 is 4.90 Å². The highest BCUT2D eigenvalue weighted by Gasteiger charge is 2.18. The number of para-hydroxylation sites is 1. The summed E-state index contributed by atoms with van der Waals surface area (Å²) >= 11 is 1.84. The van der Waals surface area contributed by atoms with Crippen LogP contribution in [0.25, 0.3) is 75.4 Å². The molecule has 0 aliphatic rings. The second-order valence-corrected chi connectivity index (χ2v) is 13.5. The molecule has 8 aromatic carbocycles. The van der Waals surface area contributed by atoms with Gasteiger partial charge in [-0.15, -0.1) is 11.3 Å². The van der Waals surface area contributed by atoms with Crippen LogP contribution in [0.15, 0.2) is 174 Å². The maximum absolute atomic E-state index is 6.69. The molecule has 0 radical (unpaired) electrons. The third-order valence-corrected chi connectivity index (χ3v) is 10.6. The van der Waals surface area contributed by atoms with Crippen molar-refractivity contribution in [2.45, 2.75) is 0 Å². The molecule has 0 spiro atoms. The first-order valence-corrected chi connectivity index (χ1v) is 17.3. The molecule has 0 bridgehead atoms. The van der Waals surface area contributed by atoms with E-state index in [-0.39, 0.29) is 0 Å². The smallest absolute Gasteiger partial charge is 0.227 e. The van der Waals surface area contributed by atoms with Crippen molar-refractivity contribution in [1.82, 2.24) is 4.98 Å². The number of hydrogen-bond donors (Lipinski definition) is 0. The van der Waals surface area contributed by atoms with Crippen molar-refractivity contribution in [3.63, 3.8) is 0 Å². The Morgan fingerprint density at radius 1 is 0.449 bits per heavy atom. The predicted molar refractivity (Wildman–Crippen MR) is 207 cm³/mol. The molecule has 2 aromatic heterocycles. The highest BCUT2D eigenvalue weighted by atomic mass is 32.1. The first-order chi connectivity index (χ1) is 24.3. The summed E-state index contributed by atoms with van der Waals surface area (Å²) in [6, 6.07) is 60.3. The van der Waals surface area contributed by atoms with Gasteiger partial charge in [-0.05, 0) is 87.9 Å². The summed E-state index contributed by atoms with van der Waals surface area (Å²) in [4.78, 5) is 7.35. The molecule has 10 rings (SSSR count). The zero-order valence-corrected chi connectivity index (χ0v) is 27.2. The summed E-state index contributed by atoms with van der Waals surface area (Å²) in [7, 11) is 0. The predicted octanol–water partition coefficient (Wildman–Crippen LogP) is 13.3. The first kappa shape index (κ1) is 27.8. The number of rotatable bonds is 5. The van der Waals surface area contributed by atoms with E-state index in [9.17, 15) is 0 Å². The molecule has 0 aliphatic carbocycles. The molecule has 3 nitrogen and oxygen atoms in total. The van der Waals surface area contributed by atoms with Crippen LogP contribution in [0.3, 0.4) is 0 Å². The van der Waals surface area contributed by atoms with Crippen molar-refractivity contribution >= 4 is 81.2 Å². The summed E-state index contributed by atoms with van der Waals surface area (Å²) in [6.07, 6.45) is 0. The molecule has 0 N–H and O–H groups in total. The molecule has 10 aromatic rings. The minimum Gasteiger partial charge on any atom is -0.435 e. The number of aromatic nitrogens is 1. The Morgan fingerprint density at radius 3 is 2.02 bits per heavy atom. The lowest BCUT2D eigenvalue weighted by Crippen LogP contribution is -2.09. The lowest BCUT2D eigenvalue weighted by Gasteiger charge is -2.26. The van der Waals surface area contributed by atoms with Crippen LogP contribution in [0.4, 0.5) is 17.1 Å². The van der Waals surface area contributed by atoms with E-state index in [0.717, 1.165) is 60.8 Å². The van der Waals surface area contributed by atoms with Crippen LogP contribution >= 0.6 is 11.3 Å². The van der Waals surface area contributed by atoms with Crippen molar-refractivity contribution in [3.05, 3.63) is 170 Å². The van der Waals surface area contributed by atoms with Gasteiger partial charge < -0.3 is 9.32 Å². The van der Waals surface area contributed by atoms with Gasteiger partial charge in [0.25, 0.3) is 0 Å². The van der Waals surface area contributed by atoms with Gasteiger partial charge in [0.15, 0.2) is 5.58 Å². The summed E-state index contributed by atoms with van der Waals surface area (Å²) in [5, 5.41) is 7.07. The van der Waals surface area contributed by atoms with Crippen molar-refractivity contribution in [2.75, 3.05) is 4.90 Å². The number of fused-ring (bicyclic) bond motifs is 8. The lowest BCUT2D eigenvalue weighted by molar-refractivity contribution is 0.623. The maximum Gasteiger partial charge on any atom is 0.227 e. The SMILES string of the molecule is c1ccc(-c2cccc(-c3nc4ccc5ccc6ccc(N(c7ccccc7)c7ccc8c(c7)sc7ccccc78)cc6c5c4o3)c2)cc1. The van der Waals surface area contributed by atoms with Gasteiger partial charge in [-0.3, -0.25) is 0 Å². The molecular weight excluding hydrogens is 617 g/mol.